The summed E-state index contributed by atoms with van der Waals surface area (Å²) in [6.07, 6.45) is -0.151. The summed E-state index contributed by atoms with van der Waals surface area (Å²) >= 11 is 0. The molecule has 0 saturated carbocycles. The zero-order valence-electron chi connectivity index (χ0n) is 13.3. The summed E-state index contributed by atoms with van der Waals surface area (Å²) in [5.41, 5.74) is 2.96. The lowest BCUT2D eigenvalue weighted by Crippen LogP contribution is -2.13. The maximum absolute atomic E-state index is 12.2. The van der Waals surface area contributed by atoms with Crippen LogP contribution in [0.5, 0.6) is 0 Å². The van der Waals surface area contributed by atoms with Crippen LogP contribution in [0.25, 0.3) is 0 Å². The fraction of sp³-hybridized carbons (Fsp3) is 0.278. The van der Waals surface area contributed by atoms with E-state index in [0.717, 1.165) is 16.7 Å². The van der Waals surface area contributed by atoms with Crippen LogP contribution < -0.4 is 0 Å². The monoisotopic (exact) mass is 332 g/mol. The first-order chi connectivity index (χ1) is 10.9. The minimum absolute atomic E-state index is 0.151. The maximum atomic E-state index is 12.2. The molecule has 0 atom stereocenters. The van der Waals surface area contributed by atoms with Crippen molar-refractivity contribution in [2.75, 3.05) is 5.75 Å². The predicted molar refractivity (Wildman–Crippen MR) is 88.8 cm³/mol. The Kier molecular flexibility index (Phi) is 5.55. The van der Waals surface area contributed by atoms with E-state index >= 15 is 0 Å². The molecule has 0 spiro atoms. The van der Waals surface area contributed by atoms with Gasteiger partial charge in [0.15, 0.2) is 9.84 Å². The smallest absolute Gasteiger partial charge is 0.307 e. The molecule has 0 amide bonds. The van der Waals surface area contributed by atoms with Crippen molar-refractivity contribution < 1.29 is 17.9 Å². The molecule has 2 aromatic rings. The van der Waals surface area contributed by atoms with Gasteiger partial charge in [-0.05, 0) is 31.5 Å². The van der Waals surface area contributed by atoms with Gasteiger partial charge in [-0.1, -0.05) is 47.5 Å². The number of aryl methyl sites for hydroxylation is 2. The van der Waals surface area contributed by atoms with Crippen LogP contribution in [0.1, 0.15) is 23.1 Å². The number of esters is 1. The average Bonchev–Trinajstić information content (AvgIpc) is 2.51. The van der Waals surface area contributed by atoms with Crippen LogP contribution in [-0.2, 0) is 26.0 Å². The quantitative estimate of drug-likeness (QED) is 0.762. The van der Waals surface area contributed by atoms with E-state index < -0.39 is 15.8 Å². The van der Waals surface area contributed by atoms with Gasteiger partial charge in [0.1, 0.15) is 6.61 Å². The van der Waals surface area contributed by atoms with Gasteiger partial charge in [0, 0.05) is 0 Å². The topological polar surface area (TPSA) is 60.4 Å². The summed E-state index contributed by atoms with van der Waals surface area (Å²) in [6, 6.07) is 14.2. The number of sulfone groups is 1. The van der Waals surface area contributed by atoms with Crippen LogP contribution in [-0.4, -0.2) is 20.1 Å². The molecule has 2 aromatic carbocycles. The Bertz CT molecular complexity index is 777. The highest BCUT2D eigenvalue weighted by Gasteiger charge is 2.17. The average molecular weight is 332 g/mol. The lowest BCUT2D eigenvalue weighted by molar-refractivity contribution is -0.144. The summed E-state index contributed by atoms with van der Waals surface area (Å²) < 4.78 is 29.4. The second kappa shape index (κ2) is 7.42. The van der Waals surface area contributed by atoms with Gasteiger partial charge in [-0.3, -0.25) is 4.79 Å². The molecule has 2 rings (SSSR count). The molecule has 0 aromatic heterocycles. The number of benzene rings is 2. The number of carbonyl (C=O) groups excluding carboxylic acids is 1. The number of hydrogen-bond acceptors (Lipinski definition) is 4. The number of hydrogen-bond donors (Lipinski definition) is 0. The van der Waals surface area contributed by atoms with Crippen molar-refractivity contribution in [2.45, 2.75) is 31.8 Å². The van der Waals surface area contributed by atoms with Crippen LogP contribution >= 0.6 is 0 Å². The molecule has 0 fully saturated rings. The van der Waals surface area contributed by atoms with Crippen molar-refractivity contribution in [3.63, 3.8) is 0 Å². The van der Waals surface area contributed by atoms with E-state index in [1.165, 1.54) is 0 Å². The molecule has 0 unspecified atom stereocenters. The van der Waals surface area contributed by atoms with E-state index in [4.69, 9.17) is 4.74 Å². The third-order valence-corrected chi connectivity index (χ3v) is 5.17. The van der Waals surface area contributed by atoms with Crippen LogP contribution in [0.4, 0.5) is 0 Å². The van der Waals surface area contributed by atoms with Gasteiger partial charge >= 0.3 is 5.97 Å². The van der Waals surface area contributed by atoms with Crippen LogP contribution in [0, 0.1) is 13.8 Å². The molecule has 0 radical (unpaired) electrons. The Balaban J connectivity index is 1.87. The van der Waals surface area contributed by atoms with Gasteiger partial charge in [0.25, 0.3) is 0 Å². The Hall–Kier alpha value is -2.14. The van der Waals surface area contributed by atoms with E-state index in [0.29, 0.717) is 0 Å². The Morgan fingerprint density at radius 2 is 1.70 bits per heavy atom. The largest absolute Gasteiger partial charge is 0.461 e. The maximum Gasteiger partial charge on any atom is 0.307 e. The third kappa shape index (κ3) is 5.21. The normalized spacial score (nSPS) is 11.2. The SMILES string of the molecule is Cc1ccc(S(=O)(=O)CCC(=O)OCc2cccc(C)c2)cc1. The first-order valence-electron chi connectivity index (χ1n) is 7.37. The highest BCUT2D eigenvalue weighted by Crippen LogP contribution is 2.13. The minimum atomic E-state index is -3.46. The van der Waals surface area contributed by atoms with Crippen molar-refractivity contribution in [2.24, 2.45) is 0 Å². The van der Waals surface area contributed by atoms with Gasteiger partial charge in [0.05, 0.1) is 17.1 Å². The molecule has 0 heterocycles. The molecule has 0 aliphatic rings. The molecule has 0 N–H and O–H groups in total. The van der Waals surface area contributed by atoms with E-state index in [-0.39, 0.29) is 23.7 Å². The van der Waals surface area contributed by atoms with E-state index in [1.54, 1.807) is 24.3 Å². The van der Waals surface area contributed by atoms with Crippen molar-refractivity contribution in [1.29, 1.82) is 0 Å². The van der Waals surface area contributed by atoms with Gasteiger partial charge in [-0.15, -0.1) is 0 Å². The van der Waals surface area contributed by atoms with Crippen LogP contribution in [0.3, 0.4) is 0 Å². The molecule has 0 saturated heterocycles. The number of ether oxygens (including phenoxy) is 1. The minimum Gasteiger partial charge on any atom is -0.461 e. The van der Waals surface area contributed by atoms with Gasteiger partial charge in [-0.25, -0.2) is 8.42 Å². The summed E-state index contributed by atoms with van der Waals surface area (Å²) in [5, 5.41) is 0. The van der Waals surface area contributed by atoms with E-state index in [1.807, 2.05) is 38.1 Å². The highest BCUT2D eigenvalue weighted by atomic mass is 32.2. The molecule has 0 aliphatic heterocycles. The second-order valence-corrected chi connectivity index (χ2v) is 7.64. The van der Waals surface area contributed by atoms with Crippen LogP contribution in [0.15, 0.2) is 53.4 Å². The molecule has 122 valence electrons. The molecule has 0 bridgehead atoms. The summed E-state index contributed by atoms with van der Waals surface area (Å²) in [5.74, 6) is -0.759. The lowest BCUT2D eigenvalue weighted by atomic mass is 10.1. The zero-order valence-corrected chi connectivity index (χ0v) is 14.1. The Morgan fingerprint density at radius 3 is 2.35 bits per heavy atom. The van der Waals surface area contributed by atoms with E-state index in [9.17, 15) is 13.2 Å². The Labute approximate surface area is 137 Å². The van der Waals surface area contributed by atoms with Crippen molar-refractivity contribution in [1.82, 2.24) is 0 Å². The molecule has 5 heteroatoms. The molecule has 23 heavy (non-hydrogen) atoms. The zero-order chi connectivity index (χ0) is 16.9. The van der Waals surface area contributed by atoms with Crippen LogP contribution in [0.2, 0.25) is 0 Å². The summed E-state index contributed by atoms with van der Waals surface area (Å²) in [4.78, 5) is 12.0. The molecule has 4 nitrogen and oxygen atoms in total. The number of carbonyl (C=O) groups is 1. The molecular formula is C18H20O4S. The number of rotatable bonds is 6. The van der Waals surface area contributed by atoms with Crippen molar-refractivity contribution in [3.05, 3.63) is 65.2 Å². The first-order valence-corrected chi connectivity index (χ1v) is 9.03. The van der Waals surface area contributed by atoms with Gasteiger partial charge in [-0.2, -0.15) is 0 Å². The van der Waals surface area contributed by atoms with Gasteiger partial charge < -0.3 is 4.74 Å². The summed E-state index contributed by atoms with van der Waals surface area (Å²) in [6.45, 7) is 4.00. The fourth-order valence-corrected chi connectivity index (χ4v) is 3.34. The van der Waals surface area contributed by atoms with Crippen molar-refractivity contribution >= 4 is 15.8 Å². The molecule has 0 aliphatic carbocycles. The van der Waals surface area contributed by atoms with Crippen molar-refractivity contribution in [3.8, 4) is 0 Å². The lowest BCUT2D eigenvalue weighted by Gasteiger charge is -2.07. The molecular weight excluding hydrogens is 312 g/mol. The predicted octanol–water partition coefficient (Wildman–Crippen LogP) is 3.21. The summed E-state index contributed by atoms with van der Waals surface area (Å²) in [7, 11) is -3.46. The standard InChI is InChI=1S/C18H20O4S/c1-14-6-8-17(9-7-14)23(20,21)11-10-18(19)22-13-16-5-3-4-15(2)12-16/h3-9,12H,10-11,13H2,1-2H3. The second-order valence-electron chi connectivity index (χ2n) is 5.53. The fourth-order valence-electron chi connectivity index (χ4n) is 2.12. The van der Waals surface area contributed by atoms with Gasteiger partial charge in [0.2, 0.25) is 0 Å². The third-order valence-electron chi connectivity index (χ3n) is 3.44. The van der Waals surface area contributed by atoms with E-state index in [2.05, 4.69) is 0 Å². The highest BCUT2D eigenvalue weighted by molar-refractivity contribution is 7.91. The Morgan fingerprint density at radius 1 is 1.00 bits per heavy atom. The first kappa shape index (κ1) is 17.2.